The third-order valence-corrected chi connectivity index (χ3v) is 3.84. The maximum Gasteiger partial charge on any atom is 0.255 e. The van der Waals surface area contributed by atoms with E-state index in [0.717, 1.165) is 22.3 Å². The molecule has 0 saturated carbocycles. The number of nitrogens with one attached hydrogen (secondary N) is 1. The lowest BCUT2D eigenvalue weighted by atomic mass is 9.98. The van der Waals surface area contributed by atoms with Gasteiger partial charge in [0.05, 0.1) is 18.0 Å². The van der Waals surface area contributed by atoms with E-state index in [9.17, 15) is 4.79 Å². The van der Waals surface area contributed by atoms with Gasteiger partial charge < -0.3 is 9.72 Å². The van der Waals surface area contributed by atoms with Crippen LogP contribution in [-0.2, 0) is 0 Å². The number of imidazole rings is 1. The molecular weight excluding hydrogens is 274 g/mol. The quantitative estimate of drug-likeness (QED) is 0.793. The monoisotopic (exact) mass is 293 g/mol. The molecule has 1 amide bonds. The van der Waals surface area contributed by atoms with E-state index in [1.165, 1.54) is 0 Å². The molecule has 112 valence electrons. The molecule has 3 rings (SSSR count). The summed E-state index contributed by atoms with van der Waals surface area (Å²) in [6.07, 6.45) is 5.30. The fourth-order valence-corrected chi connectivity index (χ4v) is 2.59. The van der Waals surface area contributed by atoms with Crippen LogP contribution in [0.2, 0.25) is 0 Å². The first kappa shape index (κ1) is 14.3. The summed E-state index contributed by atoms with van der Waals surface area (Å²) in [5.41, 5.74) is 4.67. The van der Waals surface area contributed by atoms with Crippen LogP contribution >= 0.6 is 0 Å². The first-order valence-electron chi connectivity index (χ1n) is 7.39. The molecule has 2 aromatic heterocycles. The molecule has 3 aromatic rings. The highest BCUT2D eigenvalue weighted by atomic mass is 16.1. The second-order valence-electron chi connectivity index (χ2n) is 5.79. The van der Waals surface area contributed by atoms with E-state index >= 15 is 0 Å². The smallest absolute Gasteiger partial charge is 0.255 e. The van der Waals surface area contributed by atoms with Crippen molar-refractivity contribution < 1.29 is 4.79 Å². The molecule has 0 atom stereocenters. The summed E-state index contributed by atoms with van der Waals surface area (Å²) >= 11 is 0. The molecule has 0 fully saturated rings. The lowest BCUT2D eigenvalue weighted by Gasteiger charge is -2.16. The van der Waals surface area contributed by atoms with Gasteiger partial charge in [0, 0.05) is 17.4 Å². The lowest BCUT2D eigenvalue weighted by molar-refractivity contribution is 0.102. The molecule has 0 radical (unpaired) electrons. The molecule has 0 aliphatic heterocycles. The largest absolute Gasteiger partial charge is 0.321 e. The number of amides is 1. The Hall–Kier alpha value is -2.62. The summed E-state index contributed by atoms with van der Waals surface area (Å²) in [5.74, 6) is 0.257. The minimum atomic E-state index is -0.0973. The number of para-hydroxylation sites is 1. The summed E-state index contributed by atoms with van der Waals surface area (Å²) in [7, 11) is 0. The Morgan fingerprint density at radius 1 is 1.27 bits per heavy atom. The Kier molecular flexibility index (Phi) is 3.67. The van der Waals surface area contributed by atoms with Crippen LogP contribution in [0.5, 0.6) is 0 Å². The second-order valence-corrected chi connectivity index (χ2v) is 5.79. The van der Waals surface area contributed by atoms with Crippen molar-refractivity contribution in [2.24, 2.45) is 0 Å². The van der Waals surface area contributed by atoms with Gasteiger partial charge in [-0.1, -0.05) is 32.0 Å². The van der Waals surface area contributed by atoms with Gasteiger partial charge in [-0.05, 0) is 36.1 Å². The van der Waals surface area contributed by atoms with Crippen LogP contribution in [0.4, 0.5) is 5.69 Å². The van der Waals surface area contributed by atoms with Crippen molar-refractivity contribution in [2.45, 2.75) is 26.7 Å². The molecule has 0 aliphatic rings. The number of carbonyl (C=O) groups is 1. The average molecular weight is 293 g/mol. The summed E-state index contributed by atoms with van der Waals surface area (Å²) < 4.78 is 1.88. The second kappa shape index (κ2) is 5.64. The molecule has 22 heavy (non-hydrogen) atoms. The Balaban J connectivity index is 1.94. The predicted octanol–water partition coefficient (Wildman–Crippen LogP) is 4.02. The first-order chi connectivity index (χ1) is 10.6. The topological polar surface area (TPSA) is 46.4 Å². The van der Waals surface area contributed by atoms with Crippen molar-refractivity contribution in [3.05, 3.63) is 65.7 Å². The number of carbonyl (C=O) groups excluding carboxylic acids is 1. The number of rotatable bonds is 3. The minimum Gasteiger partial charge on any atom is -0.321 e. The molecule has 4 heteroatoms. The van der Waals surface area contributed by atoms with Gasteiger partial charge in [-0.25, -0.2) is 4.98 Å². The lowest BCUT2D eigenvalue weighted by Crippen LogP contribution is -2.15. The van der Waals surface area contributed by atoms with E-state index < -0.39 is 0 Å². The standard InChI is InChI=1S/C18H19N3O/c1-12(2)16-6-4-5-13(3)17(16)20-18(22)14-7-8-21-11-19-10-15(21)9-14/h4-12H,1-3H3,(H,20,22). The van der Waals surface area contributed by atoms with Crippen molar-refractivity contribution in [1.29, 1.82) is 0 Å². The highest BCUT2D eigenvalue weighted by molar-refractivity contribution is 6.05. The fraction of sp³-hybridized carbons (Fsp3) is 0.222. The van der Waals surface area contributed by atoms with Gasteiger partial charge in [-0.2, -0.15) is 0 Å². The van der Waals surface area contributed by atoms with E-state index in [-0.39, 0.29) is 5.91 Å². The Labute approximate surface area is 129 Å². The van der Waals surface area contributed by atoms with Crippen LogP contribution in [0.15, 0.2) is 49.1 Å². The van der Waals surface area contributed by atoms with Gasteiger partial charge >= 0.3 is 0 Å². The van der Waals surface area contributed by atoms with Crippen molar-refractivity contribution >= 4 is 17.1 Å². The molecular formula is C18H19N3O. The third-order valence-electron chi connectivity index (χ3n) is 3.84. The Morgan fingerprint density at radius 3 is 2.86 bits per heavy atom. The maximum absolute atomic E-state index is 12.6. The van der Waals surface area contributed by atoms with Crippen LogP contribution in [0, 0.1) is 6.92 Å². The van der Waals surface area contributed by atoms with E-state index in [1.54, 1.807) is 18.6 Å². The predicted molar refractivity (Wildman–Crippen MR) is 88.4 cm³/mol. The Morgan fingerprint density at radius 2 is 2.09 bits per heavy atom. The molecule has 0 aliphatic carbocycles. The number of hydrogen-bond donors (Lipinski definition) is 1. The summed E-state index contributed by atoms with van der Waals surface area (Å²) in [6.45, 7) is 6.27. The van der Waals surface area contributed by atoms with Crippen LogP contribution in [0.3, 0.4) is 0 Å². The molecule has 0 bridgehead atoms. The van der Waals surface area contributed by atoms with Crippen molar-refractivity contribution in [1.82, 2.24) is 9.38 Å². The number of aromatic nitrogens is 2. The van der Waals surface area contributed by atoms with E-state index in [2.05, 4.69) is 30.2 Å². The van der Waals surface area contributed by atoms with Crippen molar-refractivity contribution in [2.75, 3.05) is 5.32 Å². The normalized spacial score (nSPS) is 11.1. The summed E-state index contributed by atoms with van der Waals surface area (Å²) in [6, 6.07) is 9.75. The van der Waals surface area contributed by atoms with Gasteiger partial charge in [0.15, 0.2) is 0 Å². The highest BCUT2D eigenvalue weighted by Gasteiger charge is 2.13. The van der Waals surface area contributed by atoms with E-state index in [4.69, 9.17) is 0 Å². The number of benzene rings is 1. The van der Waals surface area contributed by atoms with Crippen molar-refractivity contribution in [3.8, 4) is 0 Å². The maximum atomic E-state index is 12.6. The molecule has 0 saturated heterocycles. The molecule has 2 heterocycles. The minimum absolute atomic E-state index is 0.0973. The Bertz CT molecular complexity index is 833. The van der Waals surface area contributed by atoms with Crippen LogP contribution in [0.1, 0.15) is 41.3 Å². The van der Waals surface area contributed by atoms with Crippen LogP contribution in [-0.4, -0.2) is 15.3 Å². The zero-order valence-corrected chi connectivity index (χ0v) is 13.0. The average Bonchev–Trinajstić information content (AvgIpc) is 2.96. The molecule has 1 N–H and O–H groups in total. The van der Waals surface area contributed by atoms with Crippen molar-refractivity contribution in [3.63, 3.8) is 0 Å². The number of aryl methyl sites for hydroxylation is 1. The molecule has 1 aromatic carbocycles. The number of fused-ring (bicyclic) bond motifs is 1. The van der Waals surface area contributed by atoms with Crippen LogP contribution < -0.4 is 5.32 Å². The molecule has 0 unspecified atom stereocenters. The molecule has 0 spiro atoms. The van der Waals surface area contributed by atoms with Crippen LogP contribution in [0.25, 0.3) is 5.52 Å². The summed E-state index contributed by atoms with van der Waals surface area (Å²) in [4.78, 5) is 16.6. The third kappa shape index (κ3) is 2.60. The zero-order valence-electron chi connectivity index (χ0n) is 13.0. The fourth-order valence-electron chi connectivity index (χ4n) is 2.59. The van der Waals surface area contributed by atoms with Gasteiger partial charge in [-0.15, -0.1) is 0 Å². The number of nitrogens with zero attached hydrogens (tertiary/aromatic N) is 2. The van der Waals surface area contributed by atoms with E-state index in [1.807, 2.05) is 35.7 Å². The van der Waals surface area contributed by atoms with E-state index in [0.29, 0.717) is 11.5 Å². The highest BCUT2D eigenvalue weighted by Crippen LogP contribution is 2.27. The van der Waals surface area contributed by atoms with Gasteiger partial charge in [0.25, 0.3) is 5.91 Å². The number of hydrogen-bond acceptors (Lipinski definition) is 2. The SMILES string of the molecule is Cc1cccc(C(C)C)c1NC(=O)c1ccn2cncc2c1. The number of anilines is 1. The zero-order chi connectivity index (χ0) is 15.7. The molecule has 4 nitrogen and oxygen atoms in total. The number of pyridine rings is 1. The first-order valence-corrected chi connectivity index (χ1v) is 7.39. The van der Waals surface area contributed by atoms with Gasteiger partial charge in [-0.3, -0.25) is 4.79 Å². The van der Waals surface area contributed by atoms with Gasteiger partial charge in [0.1, 0.15) is 0 Å². The summed E-state index contributed by atoms with van der Waals surface area (Å²) in [5, 5.41) is 3.06. The van der Waals surface area contributed by atoms with Gasteiger partial charge in [0.2, 0.25) is 0 Å².